The largest absolute Gasteiger partial charge is 0.493 e. The van der Waals surface area contributed by atoms with Crippen molar-refractivity contribution in [1.82, 2.24) is 4.57 Å². The Labute approximate surface area is 238 Å². The first-order chi connectivity index (χ1) is 19.8. The number of thiazole rings is 1. The van der Waals surface area contributed by atoms with Crippen LogP contribution in [0, 0.1) is 10.1 Å². The molecule has 0 unspecified atom stereocenters. The minimum absolute atomic E-state index is 0.00716. The van der Waals surface area contributed by atoms with Crippen LogP contribution in [0.25, 0.3) is 6.08 Å². The number of ether oxygens (including phenoxy) is 3. The Kier molecular flexibility index (Phi) is 7.79. The summed E-state index contributed by atoms with van der Waals surface area (Å²) < 4.78 is 18.4. The van der Waals surface area contributed by atoms with Crippen molar-refractivity contribution < 1.29 is 23.9 Å². The number of aromatic nitrogens is 1. The van der Waals surface area contributed by atoms with Crippen molar-refractivity contribution in [2.45, 2.75) is 19.6 Å². The second-order valence-electron chi connectivity index (χ2n) is 9.11. The molecule has 4 aromatic rings. The van der Waals surface area contributed by atoms with Gasteiger partial charge in [0.2, 0.25) is 0 Å². The molecule has 41 heavy (non-hydrogen) atoms. The SMILES string of the molecule is COC(=O)C1=C(C)N=c2s/c(=C\c3ccc(OCc4ccc([N+](=O)[O-])cc4)c(OC)c3)c(=O)n2[C@@H]1c1ccccc1. The molecule has 1 aromatic heterocycles. The fourth-order valence-electron chi connectivity index (χ4n) is 4.56. The Balaban J connectivity index is 1.49. The van der Waals surface area contributed by atoms with Gasteiger partial charge in [-0.05, 0) is 54.0 Å². The van der Waals surface area contributed by atoms with Gasteiger partial charge in [-0.25, -0.2) is 9.79 Å². The maximum atomic E-state index is 13.7. The van der Waals surface area contributed by atoms with Gasteiger partial charge < -0.3 is 14.2 Å². The van der Waals surface area contributed by atoms with E-state index in [4.69, 9.17) is 14.2 Å². The zero-order valence-corrected chi connectivity index (χ0v) is 23.2. The second-order valence-corrected chi connectivity index (χ2v) is 10.1. The molecule has 0 N–H and O–H groups in total. The number of rotatable bonds is 8. The molecule has 1 atom stereocenters. The number of nitrogens with zero attached hydrogens (tertiary/aromatic N) is 3. The molecule has 0 saturated heterocycles. The Morgan fingerprint density at radius 2 is 1.80 bits per heavy atom. The first-order valence-electron chi connectivity index (χ1n) is 12.5. The third kappa shape index (κ3) is 5.52. The summed E-state index contributed by atoms with van der Waals surface area (Å²) in [5, 5.41) is 10.9. The van der Waals surface area contributed by atoms with Crippen LogP contribution in [0.15, 0.2) is 93.9 Å². The molecule has 3 aromatic carbocycles. The molecule has 0 fully saturated rings. The van der Waals surface area contributed by atoms with Crippen molar-refractivity contribution in [3.63, 3.8) is 0 Å². The van der Waals surface area contributed by atoms with E-state index in [1.54, 1.807) is 43.3 Å². The number of methoxy groups -OCH3 is 2. The summed E-state index contributed by atoms with van der Waals surface area (Å²) >= 11 is 1.23. The van der Waals surface area contributed by atoms with E-state index in [1.807, 2.05) is 30.3 Å². The van der Waals surface area contributed by atoms with E-state index in [-0.39, 0.29) is 17.9 Å². The van der Waals surface area contributed by atoms with Crippen LogP contribution in [-0.4, -0.2) is 29.7 Å². The smallest absolute Gasteiger partial charge is 0.338 e. The topological polar surface area (TPSA) is 122 Å². The number of hydrogen-bond acceptors (Lipinski definition) is 9. The van der Waals surface area contributed by atoms with Crippen LogP contribution < -0.4 is 24.4 Å². The summed E-state index contributed by atoms with van der Waals surface area (Å²) in [7, 11) is 2.82. The molecule has 1 aliphatic heterocycles. The molecule has 0 bridgehead atoms. The maximum Gasteiger partial charge on any atom is 0.338 e. The Morgan fingerprint density at radius 1 is 1.07 bits per heavy atom. The highest BCUT2D eigenvalue weighted by atomic mass is 32.1. The second kappa shape index (κ2) is 11.6. The number of nitro benzene ring substituents is 1. The first kappa shape index (κ1) is 27.5. The number of esters is 1. The minimum atomic E-state index is -0.674. The molecule has 0 radical (unpaired) electrons. The van der Waals surface area contributed by atoms with E-state index in [0.29, 0.717) is 37.7 Å². The van der Waals surface area contributed by atoms with Crippen LogP contribution in [0.5, 0.6) is 11.5 Å². The molecule has 0 amide bonds. The lowest BCUT2D eigenvalue weighted by atomic mass is 9.96. The molecule has 1 aliphatic rings. The quantitative estimate of drug-likeness (QED) is 0.179. The predicted octanol–water partition coefficient (Wildman–Crippen LogP) is 3.90. The molecule has 0 aliphatic carbocycles. The Morgan fingerprint density at radius 3 is 2.46 bits per heavy atom. The van der Waals surface area contributed by atoms with E-state index in [9.17, 15) is 19.7 Å². The fraction of sp³-hybridized carbons (Fsp3) is 0.167. The van der Waals surface area contributed by atoms with E-state index >= 15 is 0 Å². The monoisotopic (exact) mass is 571 g/mol. The zero-order valence-electron chi connectivity index (χ0n) is 22.4. The number of benzene rings is 3. The number of carbonyl (C=O) groups is 1. The third-order valence-corrected chi connectivity index (χ3v) is 7.55. The molecule has 10 nitrogen and oxygen atoms in total. The van der Waals surface area contributed by atoms with Crippen molar-refractivity contribution in [2.75, 3.05) is 14.2 Å². The number of non-ortho nitro benzene ring substituents is 1. The first-order valence-corrected chi connectivity index (χ1v) is 13.3. The van der Waals surface area contributed by atoms with Crippen LogP contribution in [0.4, 0.5) is 5.69 Å². The van der Waals surface area contributed by atoms with E-state index < -0.39 is 16.9 Å². The van der Waals surface area contributed by atoms with Crippen molar-refractivity contribution in [2.24, 2.45) is 4.99 Å². The van der Waals surface area contributed by atoms with Gasteiger partial charge in [0.15, 0.2) is 16.3 Å². The molecule has 0 spiro atoms. The highest BCUT2D eigenvalue weighted by Crippen LogP contribution is 2.31. The standard InChI is InChI=1S/C30H25N3O7S/c1-18-26(29(35)39-3)27(21-7-5-4-6-8-21)32-28(34)25(41-30(32)31-18)16-20-11-14-23(24(15-20)38-2)40-17-19-9-12-22(13-10-19)33(36)37/h4-16,27H,17H2,1-3H3/b25-16-/t27-/m1/s1. The predicted molar refractivity (Wildman–Crippen MR) is 153 cm³/mol. The highest BCUT2D eigenvalue weighted by Gasteiger charge is 2.32. The van der Waals surface area contributed by atoms with Gasteiger partial charge in [0, 0.05) is 12.1 Å². The Hall–Kier alpha value is -5.03. The lowest BCUT2D eigenvalue weighted by molar-refractivity contribution is -0.384. The van der Waals surface area contributed by atoms with Crippen LogP contribution in [0.3, 0.4) is 0 Å². The van der Waals surface area contributed by atoms with E-state index in [0.717, 1.165) is 11.1 Å². The molecule has 5 rings (SSSR count). The summed E-state index contributed by atoms with van der Waals surface area (Å²) in [6.07, 6.45) is 1.74. The summed E-state index contributed by atoms with van der Waals surface area (Å²) in [5.41, 5.74) is 2.77. The molecular weight excluding hydrogens is 546 g/mol. The van der Waals surface area contributed by atoms with E-state index in [1.165, 1.54) is 42.3 Å². The summed E-state index contributed by atoms with van der Waals surface area (Å²) in [6, 6.07) is 20.0. The maximum absolute atomic E-state index is 13.7. The zero-order chi connectivity index (χ0) is 29.1. The highest BCUT2D eigenvalue weighted by molar-refractivity contribution is 7.07. The van der Waals surface area contributed by atoms with Crippen molar-refractivity contribution in [1.29, 1.82) is 0 Å². The van der Waals surface area contributed by atoms with Crippen molar-refractivity contribution >= 4 is 29.1 Å². The van der Waals surface area contributed by atoms with Crippen molar-refractivity contribution in [3.8, 4) is 11.5 Å². The molecule has 0 saturated carbocycles. The number of allylic oxidation sites excluding steroid dienone is 1. The normalized spacial score (nSPS) is 14.7. The average Bonchev–Trinajstić information content (AvgIpc) is 3.29. The van der Waals surface area contributed by atoms with Gasteiger partial charge in [0.1, 0.15) is 6.61 Å². The lowest BCUT2D eigenvalue weighted by Crippen LogP contribution is -2.39. The van der Waals surface area contributed by atoms with Crippen LogP contribution in [-0.2, 0) is 16.1 Å². The van der Waals surface area contributed by atoms with Gasteiger partial charge in [-0.2, -0.15) is 0 Å². The number of nitro groups is 1. The average molecular weight is 572 g/mol. The Bertz CT molecular complexity index is 1840. The van der Waals surface area contributed by atoms with E-state index in [2.05, 4.69) is 4.99 Å². The molecule has 208 valence electrons. The minimum Gasteiger partial charge on any atom is -0.493 e. The van der Waals surface area contributed by atoms with Gasteiger partial charge >= 0.3 is 5.97 Å². The van der Waals surface area contributed by atoms with Gasteiger partial charge in [-0.15, -0.1) is 0 Å². The fourth-order valence-corrected chi connectivity index (χ4v) is 5.61. The molecular formula is C30H25N3O7S. The van der Waals surface area contributed by atoms with Crippen molar-refractivity contribution in [3.05, 3.63) is 131 Å². The molecule has 11 heteroatoms. The number of carbonyl (C=O) groups excluding carboxylic acids is 1. The van der Waals surface area contributed by atoms with Gasteiger partial charge in [-0.1, -0.05) is 47.7 Å². The van der Waals surface area contributed by atoms with Gasteiger partial charge in [-0.3, -0.25) is 19.5 Å². The number of hydrogen-bond donors (Lipinski definition) is 0. The van der Waals surface area contributed by atoms with Gasteiger partial charge in [0.25, 0.3) is 11.2 Å². The lowest BCUT2D eigenvalue weighted by Gasteiger charge is -2.24. The van der Waals surface area contributed by atoms with Crippen LogP contribution >= 0.6 is 11.3 Å². The number of fused-ring (bicyclic) bond motifs is 1. The summed E-state index contributed by atoms with van der Waals surface area (Å²) in [6.45, 7) is 1.92. The van der Waals surface area contributed by atoms with Gasteiger partial charge in [0.05, 0.1) is 41.0 Å². The summed E-state index contributed by atoms with van der Waals surface area (Å²) in [5.74, 6) is 0.398. The van der Waals surface area contributed by atoms with Crippen LogP contribution in [0.1, 0.15) is 29.7 Å². The molecule has 2 heterocycles. The summed E-state index contributed by atoms with van der Waals surface area (Å²) in [4.78, 5) is 41.9. The van der Waals surface area contributed by atoms with Crippen LogP contribution in [0.2, 0.25) is 0 Å². The third-order valence-electron chi connectivity index (χ3n) is 6.57.